The molecule has 0 aliphatic heterocycles. The highest BCUT2D eigenvalue weighted by molar-refractivity contribution is 6.03. The third-order valence-electron chi connectivity index (χ3n) is 1.99. The molecule has 0 amide bonds. The summed E-state index contributed by atoms with van der Waals surface area (Å²) in [5.74, 6) is -4.07. The summed E-state index contributed by atoms with van der Waals surface area (Å²) in [7, 11) is 0.987. The van der Waals surface area contributed by atoms with Crippen LogP contribution in [0.25, 0.3) is 0 Å². The molecule has 1 N–H and O–H groups in total. The predicted octanol–water partition coefficient (Wildman–Crippen LogP) is 2.05. The first-order valence-electron chi connectivity index (χ1n) is 4.35. The van der Waals surface area contributed by atoms with E-state index in [2.05, 4.69) is 4.74 Å². The Morgan fingerprint density at radius 2 is 2.00 bits per heavy atom. The molecular weight excluding hydrogens is 259 g/mol. The largest absolute Gasteiger partial charge is 0.504 e. The molecule has 0 aromatic heterocycles. The molecule has 6 nitrogen and oxygen atoms in total. The molecule has 0 fully saturated rings. The van der Waals surface area contributed by atoms with Gasteiger partial charge in [0.25, 0.3) is 11.5 Å². The number of nitro benzene ring substituents is 1. The maximum atomic E-state index is 12.2. The van der Waals surface area contributed by atoms with Crippen molar-refractivity contribution in [1.29, 1.82) is 0 Å². The Morgan fingerprint density at radius 3 is 2.39 bits per heavy atom. The molecule has 9 heteroatoms. The Kier molecular flexibility index (Phi) is 3.44. The number of carbonyl (C=O) groups excluding carboxylic acids is 1. The molecule has 1 aromatic rings. The fourth-order valence-electron chi connectivity index (χ4n) is 1.18. The summed E-state index contributed by atoms with van der Waals surface area (Å²) in [6.07, 6.45) is -5.25. The number of benzene rings is 1. The van der Waals surface area contributed by atoms with E-state index in [1.807, 2.05) is 0 Å². The number of rotatable bonds is 3. The number of hydrogen-bond acceptors (Lipinski definition) is 5. The van der Waals surface area contributed by atoms with Gasteiger partial charge in [0.2, 0.25) is 0 Å². The van der Waals surface area contributed by atoms with Crippen LogP contribution in [-0.2, 0) is 0 Å². The average Bonchev–Trinajstić information content (AvgIpc) is 2.26. The number of non-ortho nitro benzene ring substituents is 1. The number of nitrogens with zero attached hydrogens (tertiary/aromatic N) is 1. The van der Waals surface area contributed by atoms with Crippen LogP contribution >= 0.6 is 0 Å². The van der Waals surface area contributed by atoms with Crippen molar-refractivity contribution >= 4 is 11.5 Å². The number of nitro groups is 1. The van der Waals surface area contributed by atoms with E-state index >= 15 is 0 Å². The van der Waals surface area contributed by atoms with Crippen LogP contribution in [0.2, 0.25) is 0 Å². The molecule has 0 unspecified atom stereocenters. The number of alkyl halides is 3. The molecule has 18 heavy (non-hydrogen) atoms. The van der Waals surface area contributed by atoms with E-state index in [0.29, 0.717) is 12.1 Å². The first kappa shape index (κ1) is 13.7. The normalized spacial score (nSPS) is 11.1. The third kappa shape index (κ3) is 2.50. The Morgan fingerprint density at radius 1 is 1.44 bits per heavy atom. The van der Waals surface area contributed by atoms with Gasteiger partial charge in [-0.2, -0.15) is 13.2 Å². The van der Waals surface area contributed by atoms with Gasteiger partial charge in [0.15, 0.2) is 11.5 Å². The van der Waals surface area contributed by atoms with Crippen LogP contribution in [0.4, 0.5) is 18.9 Å². The maximum absolute atomic E-state index is 12.2. The van der Waals surface area contributed by atoms with Crippen molar-refractivity contribution < 1.29 is 32.7 Å². The van der Waals surface area contributed by atoms with Gasteiger partial charge in [-0.05, 0) is 0 Å². The van der Waals surface area contributed by atoms with Gasteiger partial charge in [0, 0.05) is 6.07 Å². The van der Waals surface area contributed by atoms with Crippen LogP contribution in [0.1, 0.15) is 10.4 Å². The van der Waals surface area contributed by atoms with E-state index in [4.69, 9.17) is 0 Å². The van der Waals surface area contributed by atoms with E-state index < -0.39 is 39.6 Å². The minimum Gasteiger partial charge on any atom is -0.504 e. The summed E-state index contributed by atoms with van der Waals surface area (Å²) in [4.78, 5) is 20.4. The second-order valence-corrected chi connectivity index (χ2v) is 3.13. The van der Waals surface area contributed by atoms with Gasteiger partial charge in [-0.25, -0.2) is 0 Å². The summed E-state index contributed by atoms with van der Waals surface area (Å²) in [5.41, 5.74) is -2.02. The minimum absolute atomic E-state index is 0.341. The highest BCUT2D eigenvalue weighted by Crippen LogP contribution is 2.37. The predicted molar refractivity (Wildman–Crippen MR) is 51.7 cm³/mol. The van der Waals surface area contributed by atoms with Crippen molar-refractivity contribution in [1.82, 2.24) is 0 Å². The maximum Gasteiger partial charge on any atom is 0.455 e. The summed E-state index contributed by atoms with van der Waals surface area (Å²) >= 11 is 0. The van der Waals surface area contributed by atoms with E-state index in [1.165, 1.54) is 0 Å². The molecule has 98 valence electrons. The van der Waals surface area contributed by atoms with Gasteiger partial charge in [0.1, 0.15) is 0 Å². The van der Waals surface area contributed by atoms with Gasteiger partial charge in [0.05, 0.1) is 23.7 Å². The quantitative estimate of drug-likeness (QED) is 0.513. The molecule has 0 radical (unpaired) electrons. The number of carbonyl (C=O) groups is 1. The topological polar surface area (TPSA) is 89.7 Å². The van der Waals surface area contributed by atoms with Gasteiger partial charge < -0.3 is 9.84 Å². The summed E-state index contributed by atoms with van der Waals surface area (Å²) < 4.78 is 41.1. The SMILES string of the molecule is COc1cc([N+](=O)[O-])cc(C(=O)C(F)(F)F)c1O. The highest BCUT2D eigenvalue weighted by atomic mass is 19.4. The van der Waals surface area contributed by atoms with Crippen molar-refractivity contribution in [2.24, 2.45) is 0 Å². The van der Waals surface area contributed by atoms with Crippen LogP contribution in [0, 0.1) is 10.1 Å². The molecular formula is C9H6F3NO5. The zero-order valence-electron chi connectivity index (χ0n) is 8.82. The van der Waals surface area contributed by atoms with Gasteiger partial charge in [-0.15, -0.1) is 0 Å². The van der Waals surface area contributed by atoms with Crippen LogP contribution in [0.3, 0.4) is 0 Å². The van der Waals surface area contributed by atoms with Crippen molar-refractivity contribution in [3.05, 3.63) is 27.8 Å². The average molecular weight is 265 g/mol. The lowest BCUT2D eigenvalue weighted by Crippen LogP contribution is -2.23. The molecule has 1 rings (SSSR count). The zero-order valence-corrected chi connectivity index (χ0v) is 8.82. The molecule has 0 saturated carbocycles. The molecule has 0 heterocycles. The van der Waals surface area contributed by atoms with Gasteiger partial charge >= 0.3 is 6.18 Å². The molecule has 1 aromatic carbocycles. The number of ketones is 1. The number of methoxy groups -OCH3 is 1. The lowest BCUT2D eigenvalue weighted by atomic mass is 10.1. The van der Waals surface area contributed by atoms with Gasteiger partial charge in [-0.1, -0.05) is 0 Å². The number of halogens is 3. The molecule has 0 aliphatic carbocycles. The summed E-state index contributed by atoms with van der Waals surface area (Å²) in [5, 5.41) is 19.8. The summed E-state index contributed by atoms with van der Waals surface area (Å²) in [6.45, 7) is 0. The molecule has 0 spiro atoms. The lowest BCUT2D eigenvalue weighted by molar-refractivity contribution is -0.385. The molecule has 0 aliphatic rings. The smallest absolute Gasteiger partial charge is 0.455 e. The Bertz CT molecular complexity index is 512. The Balaban J connectivity index is 3.48. The summed E-state index contributed by atoms with van der Waals surface area (Å²) in [6, 6.07) is 1.05. The second-order valence-electron chi connectivity index (χ2n) is 3.13. The number of phenols is 1. The van der Waals surface area contributed by atoms with Crippen LogP contribution in [0.15, 0.2) is 12.1 Å². The van der Waals surface area contributed by atoms with E-state index in [9.17, 15) is 33.2 Å². The van der Waals surface area contributed by atoms with Crippen molar-refractivity contribution in [3.8, 4) is 11.5 Å². The number of Topliss-reactive ketones (excluding diaryl/α,β-unsaturated/α-hetero) is 1. The number of aromatic hydroxyl groups is 1. The monoisotopic (exact) mass is 265 g/mol. The van der Waals surface area contributed by atoms with Crippen molar-refractivity contribution in [2.45, 2.75) is 6.18 Å². The number of hydrogen-bond donors (Lipinski definition) is 1. The standard InChI is InChI=1S/C9H6F3NO5/c1-18-6-3-4(13(16)17)2-5(7(6)14)8(15)9(10,11)12/h2-3,14H,1H3. The van der Waals surface area contributed by atoms with Crippen molar-refractivity contribution in [3.63, 3.8) is 0 Å². The second kappa shape index (κ2) is 4.51. The van der Waals surface area contributed by atoms with Crippen LogP contribution in [0.5, 0.6) is 11.5 Å². The molecule has 0 atom stereocenters. The van der Waals surface area contributed by atoms with E-state index in [0.717, 1.165) is 7.11 Å². The molecule has 0 bridgehead atoms. The van der Waals surface area contributed by atoms with Crippen LogP contribution < -0.4 is 4.74 Å². The fraction of sp³-hybridized carbons (Fsp3) is 0.222. The Labute approximate surface area is 97.7 Å². The van der Waals surface area contributed by atoms with E-state index in [-0.39, 0.29) is 0 Å². The first-order valence-corrected chi connectivity index (χ1v) is 4.35. The van der Waals surface area contributed by atoms with Crippen molar-refractivity contribution in [2.75, 3.05) is 7.11 Å². The zero-order chi connectivity index (χ0) is 14.1. The lowest BCUT2D eigenvalue weighted by Gasteiger charge is -2.09. The number of phenolic OH excluding ortho intramolecular Hbond substituents is 1. The van der Waals surface area contributed by atoms with Gasteiger partial charge in [-0.3, -0.25) is 14.9 Å². The fourth-order valence-corrected chi connectivity index (χ4v) is 1.18. The first-order chi connectivity index (χ1) is 8.18. The minimum atomic E-state index is -5.25. The Hall–Kier alpha value is -2.32. The third-order valence-corrected chi connectivity index (χ3v) is 1.99. The molecule has 0 saturated heterocycles. The number of ether oxygens (including phenoxy) is 1. The van der Waals surface area contributed by atoms with Crippen LogP contribution in [-0.4, -0.2) is 29.1 Å². The van der Waals surface area contributed by atoms with E-state index in [1.54, 1.807) is 0 Å². The highest BCUT2D eigenvalue weighted by Gasteiger charge is 2.42.